The van der Waals surface area contributed by atoms with Gasteiger partial charge in [0.05, 0.1) is 17.8 Å². The van der Waals surface area contributed by atoms with Gasteiger partial charge in [-0.2, -0.15) is 0 Å². The number of carbonyl (C=O) groups excluding carboxylic acids is 1. The summed E-state index contributed by atoms with van der Waals surface area (Å²) in [7, 11) is 4.59. The van der Waals surface area contributed by atoms with Gasteiger partial charge < -0.3 is 23.7 Å². The van der Waals surface area contributed by atoms with Crippen LogP contribution in [0.3, 0.4) is 0 Å². The number of rotatable bonds is 8. The lowest BCUT2D eigenvalue weighted by molar-refractivity contribution is 0.0483. The van der Waals surface area contributed by atoms with E-state index in [1.165, 1.54) is 24.7 Å². The first kappa shape index (κ1) is 24.6. The summed E-state index contributed by atoms with van der Waals surface area (Å²) < 4.78 is 28.1. The van der Waals surface area contributed by atoms with Gasteiger partial charge in [0.25, 0.3) is 0 Å². The van der Waals surface area contributed by atoms with Gasteiger partial charge >= 0.3 is 6.09 Å². The smallest absolute Gasteiger partial charge is 0.415 e. The van der Waals surface area contributed by atoms with Gasteiger partial charge in [0.2, 0.25) is 0 Å². The molecule has 0 fully saturated rings. The molecule has 0 aromatic heterocycles. The molecule has 0 unspecified atom stereocenters. The molecule has 0 saturated heterocycles. The number of halogens is 2. The third-order valence-corrected chi connectivity index (χ3v) is 4.68. The van der Waals surface area contributed by atoms with Gasteiger partial charge in [-0.15, -0.1) is 0 Å². The van der Waals surface area contributed by atoms with Crippen molar-refractivity contribution in [3.05, 3.63) is 20.7 Å². The van der Waals surface area contributed by atoms with Crippen molar-refractivity contribution >= 4 is 46.0 Å². The van der Waals surface area contributed by atoms with Crippen molar-refractivity contribution in [3.8, 4) is 17.2 Å². The quantitative estimate of drug-likeness (QED) is 0.346. The first-order valence-electron chi connectivity index (χ1n) is 8.44. The first-order chi connectivity index (χ1) is 13.1. The van der Waals surface area contributed by atoms with Crippen LogP contribution in [0.15, 0.2) is 11.6 Å². The van der Waals surface area contributed by atoms with Crippen molar-refractivity contribution < 1.29 is 28.5 Å². The van der Waals surface area contributed by atoms with Crippen LogP contribution in [0, 0.1) is 10.5 Å². The van der Waals surface area contributed by atoms with E-state index >= 15 is 0 Å². The van der Waals surface area contributed by atoms with Gasteiger partial charge in [-0.1, -0.05) is 17.7 Å². The Hall–Kier alpha value is -1.39. The summed E-state index contributed by atoms with van der Waals surface area (Å²) >= 11 is 7.80. The van der Waals surface area contributed by atoms with E-state index in [0.29, 0.717) is 32.1 Å². The van der Waals surface area contributed by atoms with Crippen molar-refractivity contribution in [2.45, 2.75) is 33.3 Å². The molecule has 0 saturated carbocycles. The molecule has 28 heavy (non-hydrogen) atoms. The molecule has 1 aromatic carbocycles. The van der Waals surface area contributed by atoms with Crippen molar-refractivity contribution in [3.63, 3.8) is 0 Å². The van der Waals surface area contributed by atoms with E-state index in [0.717, 1.165) is 0 Å². The molecular weight excluding hydrogens is 501 g/mol. The molecule has 158 valence electrons. The van der Waals surface area contributed by atoms with E-state index in [2.05, 4.69) is 22.6 Å². The van der Waals surface area contributed by atoms with E-state index in [1.807, 2.05) is 6.92 Å². The molecule has 1 aromatic rings. The minimum atomic E-state index is -0.671. The normalized spacial score (nSPS) is 11.5. The van der Waals surface area contributed by atoms with Crippen LogP contribution in [0.4, 0.5) is 10.5 Å². The Bertz CT molecular complexity index is 718. The lowest BCUT2D eigenvalue weighted by Gasteiger charge is -2.30. The lowest BCUT2D eigenvalue weighted by atomic mass is 10.1. The Balaban J connectivity index is 3.70. The molecule has 1 amide bonds. The summed E-state index contributed by atoms with van der Waals surface area (Å²) in [6.07, 6.45) is 1.09. The van der Waals surface area contributed by atoms with Gasteiger partial charge in [-0.05, 0) is 50.3 Å². The maximum atomic E-state index is 12.9. The number of benzene rings is 1. The van der Waals surface area contributed by atoms with Crippen molar-refractivity contribution in [1.82, 2.24) is 0 Å². The minimum Gasteiger partial charge on any atom is -0.494 e. The van der Waals surface area contributed by atoms with E-state index in [9.17, 15) is 4.79 Å². The summed E-state index contributed by atoms with van der Waals surface area (Å²) in [5.74, 6) is 1.42. The number of nitrogens with zero attached hydrogens (tertiary/aromatic N) is 1. The monoisotopic (exact) mass is 527 g/mol. The van der Waals surface area contributed by atoms with Crippen LogP contribution < -0.4 is 19.1 Å². The molecule has 0 spiro atoms. The third kappa shape index (κ3) is 6.05. The second-order valence-electron chi connectivity index (χ2n) is 6.69. The molecule has 9 heteroatoms. The van der Waals surface area contributed by atoms with Gasteiger partial charge in [-0.3, -0.25) is 4.90 Å². The maximum Gasteiger partial charge on any atom is 0.415 e. The van der Waals surface area contributed by atoms with Crippen LogP contribution in [0.25, 0.3) is 0 Å². The molecule has 0 radical (unpaired) electrons. The molecule has 0 N–H and O–H groups in total. The Morgan fingerprint density at radius 2 is 1.75 bits per heavy atom. The number of hydrogen-bond donors (Lipinski definition) is 0. The highest BCUT2D eigenvalue weighted by molar-refractivity contribution is 14.1. The van der Waals surface area contributed by atoms with Crippen LogP contribution in [-0.4, -0.2) is 46.4 Å². The molecule has 0 aliphatic carbocycles. The zero-order valence-electron chi connectivity index (χ0n) is 17.2. The molecule has 7 nitrogen and oxygen atoms in total. The second-order valence-corrected chi connectivity index (χ2v) is 8.02. The fraction of sp³-hybridized carbons (Fsp3) is 0.526. The fourth-order valence-electron chi connectivity index (χ4n) is 2.46. The number of amides is 1. The number of anilines is 1. The highest BCUT2D eigenvalue weighted by atomic mass is 127. The number of carbonyl (C=O) groups is 1. The topological polar surface area (TPSA) is 66.5 Å². The first-order valence-corrected chi connectivity index (χ1v) is 9.95. The number of hydrogen-bond acceptors (Lipinski definition) is 6. The van der Waals surface area contributed by atoms with E-state index in [1.54, 1.807) is 34.0 Å². The molecule has 0 aliphatic rings. The van der Waals surface area contributed by atoms with Crippen molar-refractivity contribution in [2.24, 2.45) is 0 Å². The van der Waals surface area contributed by atoms with Crippen LogP contribution in [-0.2, 0) is 9.47 Å². The van der Waals surface area contributed by atoms with Crippen LogP contribution in [0.1, 0.15) is 26.3 Å². The summed E-state index contributed by atoms with van der Waals surface area (Å²) in [6.45, 7) is 7.42. The summed E-state index contributed by atoms with van der Waals surface area (Å²) in [5.41, 5.74) is 1.84. The molecule has 0 heterocycles. The molecule has 1 rings (SSSR count). The van der Waals surface area contributed by atoms with Gasteiger partial charge in [0.15, 0.2) is 24.0 Å². The van der Waals surface area contributed by atoms with E-state index in [-0.39, 0.29) is 13.3 Å². The van der Waals surface area contributed by atoms with Crippen LogP contribution in [0.5, 0.6) is 17.2 Å². The summed E-state index contributed by atoms with van der Waals surface area (Å²) in [5, 5.41) is 0. The summed E-state index contributed by atoms with van der Waals surface area (Å²) in [6, 6.07) is 0. The number of ether oxygens (including phenoxy) is 5. The number of methoxy groups -OCH3 is 3. The largest absolute Gasteiger partial charge is 0.494 e. The highest BCUT2D eigenvalue weighted by Crippen LogP contribution is 2.49. The Morgan fingerprint density at radius 1 is 1.14 bits per heavy atom. The van der Waals surface area contributed by atoms with Gasteiger partial charge in [0.1, 0.15) is 11.3 Å². The predicted molar refractivity (Wildman–Crippen MR) is 118 cm³/mol. The van der Waals surface area contributed by atoms with E-state index < -0.39 is 11.7 Å². The zero-order valence-corrected chi connectivity index (χ0v) is 20.1. The minimum absolute atomic E-state index is 0.0194. The molecule has 0 bridgehead atoms. The van der Waals surface area contributed by atoms with Crippen molar-refractivity contribution in [1.29, 1.82) is 0 Å². The average Bonchev–Trinajstić information content (AvgIpc) is 2.61. The van der Waals surface area contributed by atoms with Crippen molar-refractivity contribution in [2.75, 3.05) is 39.6 Å². The fourth-order valence-corrected chi connectivity index (χ4v) is 3.48. The van der Waals surface area contributed by atoms with E-state index in [4.69, 9.17) is 35.3 Å². The Kier molecular flexibility index (Phi) is 9.65. The molecule has 0 aliphatic heterocycles. The zero-order chi connectivity index (χ0) is 21.5. The van der Waals surface area contributed by atoms with Crippen LogP contribution in [0.2, 0.25) is 0 Å². The predicted octanol–water partition coefficient (Wildman–Crippen LogP) is 5.09. The maximum absolute atomic E-state index is 12.9. The lowest BCUT2D eigenvalue weighted by Crippen LogP contribution is -2.38. The highest BCUT2D eigenvalue weighted by Gasteiger charge is 2.32. The van der Waals surface area contributed by atoms with Gasteiger partial charge in [0, 0.05) is 24.8 Å². The SMILES string of the molecule is COCOc1c(I)c(N(C/C=C/Cl)C(=O)OC(C)(C)C)c(OC)c(C)c1OC. The second kappa shape index (κ2) is 11.0. The van der Waals surface area contributed by atoms with Crippen LogP contribution >= 0.6 is 34.2 Å². The molecular formula is C19H27ClINO6. The molecule has 0 atom stereocenters. The Morgan fingerprint density at radius 3 is 2.21 bits per heavy atom. The average molecular weight is 528 g/mol. The Labute approximate surface area is 185 Å². The standard InChI is InChI=1S/C19H27ClINO6/c1-12-15(25-6)14(13(21)17(16(12)26-7)27-11-24-5)22(10-8-9-20)18(23)28-19(2,3)4/h8-9H,10-11H2,1-7H3/b9-8+. The third-order valence-electron chi connectivity index (χ3n) is 3.50. The summed E-state index contributed by atoms with van der Waals surface area (Å²) in [4.78, 5) is 14.4. The van der Waals surface area contributed by atoms with Gasteiger partial charge in [-0.25, -0.2) is 4.79 Å².